The van der Waals surface area contributed by atoms with Crippen LogP contribution in [0.1, 0.15) is 27.6 Å². The third-order valence-corrected chi connectivity index (χ3v) is 4.68. The summed E-state index contributed by atoms with van der Waals surface area (Å²) in [4.78, 5) is 1.33. The summed E-state index contributed by atoms with van der Waals surface area (Å²) in [7, 11) is 0. The number of aryl methyl sites for hydroxylation is 2. The van der Waals surface area contributed by atoms with Crippen molar-refractivity contribution in [2.24, 2.45) is 5.73 Å². The summed E-state index contributed by atoms with van der Waals surface area (Å²) in [6, 6.07) is 8.58. The summed E-state index contributed by atoms with van der Waals surface area (Å²) in [6.07, 6.45) is 0.905. The van der Waals surface area contributed by atoms with Gasteiger partial charge >= 0.3 is 0 Å². The Kier molecular flexibility index (Phi) is 4.02. The first-order valence-electron chi connectivity index (χ1n) is 5.62. The van der Waals surface area contributed by atoms with E-state index >= 15 is 0 Å². The highest BCUT2D eigenvalue weighted by Gasteiger charge is 2.13. The Morgan fingerprint density at radius 3 is 2.47 bits per heavy atom. The van der Waals surface area contributed by atoms with E-state index in [0.29, 0.717) is 0 Å². The van der Waals surface area contributed by atoms with Gasteiger partial charge < -0.3 is 5.73 Å². The summed E-state index contributed by atoms with van der Waals surface area (Å²) >= 11 is 5.23. The Bertz CT molecular complexity index is 498. The molecule has 1 heterocycles. The molecule has 1 atom stereocenters. The Morgan fingerprint density at radius 2 is 1.94 bits per heavy atom. The number of thiophene rings is 1. The highest BCUT2D eigenvalue weighted by atomic mass is 79.9. The molecule has 0 saturated heterocycles. The van der Waals surface area contributed by atoms with Crippen molar-refractivity contribution in [1.29, 1.82) is 0 Å². The van der Waals surface area contributed by atoms with Gasteiger partial charge in [-0.05, 0) is 52.5 Å². The number of rotatable bonds is 3. The second-order valence-electron chi connectivity index (χ2n) is 4.35. The Hall–Kier alpha value is -0.640. The third-order valence-electron chi connectivity index (χ3n) is 2.96. The maximum Gasteiger partial charge on any atom is 0.0348 e. The van der Waals surface area contributed by atoms with Gasteiger partial charge in [0.15, 0.2) is 0 Å². The first kappa shape index (κ1) is 12.8. The minimum Gasteiger partial charge on any atom is -0.324 e. The van der Waals surface area contributed by atoms with E-state index in [1.54, 1.807) is 11.3 Å². The van der Waals surface area contributed by atoms with E-state index < -0.39 is 0 Å². The van der Waals surface area contributed by atoms with Crippen LogP contribution in [0.2, 0.25) is 0 Å². The van der Waals surface area contributed by atoms with Crippen LogP contribution in [0.5, 0.6) is 0 Å². The normalized spacial score (nSPS) is 12.7. The molecule has 2 N–H and O–H groups in total. The lowest BCUT2D eigenvalue weighted by Gasteiger charge is -2.16. The first-order chi connectivity index (χ1) is 8.08. The molecule has 0 fully saturated rings. The van der Waals surface area contributed by atoms with Crippen molar-refractivity contribution >= 4 is 27.3 Å². The molecule has 0 aliphatic rings. The molecule has 2 aromatic rings. The van der Waals surface area contributed by atoms with Crippen LogP contribution in [0.15, 0.2) is 34.1 Å². The molecule has 1 nitrogen and oxygen atoms in total. The Labute approximate surface area is 115 Å². The molecule has 0 bridgehead atoms. The van der Waals surface area contributed by atoms with E-state index in [0.717, 1.165) is 10.9 Å². The van der Waals surface area contributed by atoms with Crippen LogP contribution in [0.3, 0.4) is 0 Å². The standard InChI is InChI=1S/C14H16BrNS/c1-9-4-3-5-10(2)14(9)13(16)7-12-6-11(15)8-17-12/h3-6,8,13H,7,16H2,1-2H3. The minimum absolute atomic E-state index is 0.0850. The average molecular weight is 310 g/mol. The second-order valence-corrected chi connectivity index (χ2v) is 6.26. The zero-order valence-electron chi connectivity index (χ0n) is 10.0. The lowest BCUT2D eigenvalue weighted by atomic mass is 9.94. The fourth-order valence-corrected chi connectivity index (χ4v) is 3.70. The van der Waals surface area contributed by atoms with Crippen LogP contribution in [0.25, 0.3) is 0 Å². The first-order valence-corrected chi connectivity index (χ1v) is 7.30. The van der Waals surface area contributed by atoms with E-state index in [2.05, 4.69) is 59.4 Å². The summed E-state index contributed by atoms with van der Waals surface area (Å²) in [6.45, 7) is 4.26. The van der Waals surface area contributed by atoms with Gasteiger partial charge in [0.1, 0.15) is 0 Å². The van der Waals surface area contributed by atoms with E-state index in [1.165, 1.54) is 21.6 Å². The summed E-state index contributed by atoms with van der Waals surface area (Å²) < 4.78 is 1.14. The molecule has 0 spiro atoms. The highest BCUT2D eigenvalue weighted by molar-refractivity contribution is 9.10. The summed E-state index contributed by atoms with van der Waals surface area (Å²) in [5, 5.41) is 2.10. The molecule has 0 amide bonds. The average Bonchev–Trinajstić information content (AvgIpc) is 2.63. The smallest absolute Gasteiger partial charge is 0.0348 e. The van der Waals surface area contributed by atoms with E-state index in [1.807, 2.05) is 0 Å². The van der Waals surface area contributed by atoms with Crippen LogP contribution >= 0.6 is 27.3 Å². The number of nitrogens with two attached hydrogens (primary N) is 1. The molecule has 0 aliphatic carbocycles. The van der Waals surface area contributed by atoms with Gasteiger partial charge in [0.25, 0.3) is 0 Å². The molecule has 1 unspecified atom stereocenters. The van der Waals surface area contributed by atoms with Crippen LogP contribution in [0, 0.1) is 13.8 Å². The third kappa shape index (κ3) is 2.97. The fraction of sp³-hybridized carbons (Fsp3) is 0.286. The van der Waals surface area contributed by atoms with Crippen molar-refractivity contribution in [2.45, 2.75) is 26.3 Å². The van der Waals surface area contributed by atoms with Crippen LogP contribution < -0.4 is 5.73 Å². The monoisotopic (exact) mass is 309 g/mol. The van der Waals surface area contributed by atoms with Crippen molar-refractivity contribution < 1.29 is 0 Å². The van der Waals surface area contributed by atoms with Gasteiger partial charge in [-0.15, -0.1) is 11.3 Å². The van der Waals surface area contributed by atoms with Crippen molar-refractivity contribution in [1.82, 2.24) is 0 Å². The number of hydrogen-bond donors (Lipinski definition) is 1. The van der Waals surface area contributed by atoms with Gasteiger partial charge in [0.05, 0.1) is 0 Å². The van der Waals surface area contributed by atoms with E-state index in [-0.39, 0.29) is 6.04 Å². The van der Waals surface area contributed by atoms with Crippen molar-refractivity contribution in [3.63, 3.8) is 0 Å². The SMILES string of the molecule is Cc1cccc(C)c1C(N)Cc1cc(Br)cs1. The number of halogens is 1. The highest BCUT2D eigenvalue weighted by Crippen LogP contribution is 2.27. The number of benzene rings is 1. The Morgan fingerprint density at radius 1 is 1.29 bits per heavy atom. The van der Waals surface area contributed by atoms with Gasteiger partial charge in [-0.1, -0.05) is 18.2 Å². The predicted octanol–water partition coefficient (Wildman–Crippen LogP) is 4.37. The van der Waals surface area contributed by atoms with Crippen molar-refractivity contribution in [2.75, 3.05) is 0 Å². The summed E-state index contributed by atoms with van der Waals surface area (Å²) in [5.74, 6) is 0. The molecule has 0 radical (unpaired) electrons. The topological polar surface area (TPSA) is 26.0 Å². The van der Waals surface area contributed by atoms with Crippen LogP contribution in [-0.2, 0) is 6.42 Å². The minimum atomic E-state index is 0.0850. The quantitative estimate of drug-likeness (QED) is 0.895. The zero-order valence-corrected chi connectivity index (χ0v) is 12.4. The molecule has 17 heavy (non-hydrogen) atoms. The van der Waals surface area contributed by atoms with Gasteiger partial charge in [-0.25, -0.2) is 0 Å². The molecule has 1 aromatic carbocycles. The van der Waals surface area contributed by atoms with E-state index in [4.69, 9.17) is 5.73 Å². The molecule has 3 heteroatoms. The van der Waals surface area contributed by atoms with Crippen molar-refractivity contribution in [3.8, 4) is 0 Å². The van der Waals surface area contributed by atoms with Crippen LogP contribution in [-0.4, -0.2) is 0 Å². The largest absolute Gasteiger partial charge is 0.324 e. The van der Waals surface area contributed by atoms with Gasteiger partial charge in [0, 0.05) is 27.2 Å². The Balaban J connectivity index is 2.22. The predicted molar refractivity (Wildman–Crippen MR) is 78.6 cm³/mol. The summed E-state index contributed by atoms with van der Waals surface area (Å²) in [5.41, 5.74) is 10.2. The van der Waals surface area contributed by atoms with Gasteiger partial charge in [-0.3, -0.25) is 0 Å². The zero-order chi connectivity index (χ0) is 12.4. The van der Waals surface area contributed by atoms with E-state index in [9.17, 15) is 0 Å². The fourth-order valence-electron chi connectivity index (χ4n) is 2.19. The number of hydrogen-bond acceptors (Lipinski definition) is 2. The second kappa shape index (κ2) is 5.34. The van der Waals surface area contributed by atoms with Crippen LogP contribution in [0.4, 0.5) is 0 Å². The molecule has 0 aliphatic heterocycles. The molecular formula is C14H16BrNS. The molecule has 90 valence electrons. The van der Waals surface area contributed by atoms with Gasteiger partial charge in [0.2, 0.25) is 0 Å². The lowest BCUT2D eigenvalue weighted by molar-refractivity contribution is 0.719. The van der Waals surface area contributed by atoms with Gasteiger partial charge in [-0.2, -0.15) is 0 Å². The maximum absolute atomic E-state index is 6.33. The lowest BCUT2D eigenvalue weighted by Crippen LogP contribution is -2.15. The molecule has 2 rings (SSSR count). The molecule has 1 aromatic heterocycles. The van der Waals surface area contributed by atoms with Crippen molar-refractivity contribution in [3.05, 3.63) is 55.7 Å². The molecular weight excluding hydrogens is 294 g/mol. The maximum atomic E-state index is 6.33. The molecule has 0 saturated carbocycles.